The van der Waals surface area contributed by atoms with Crippen LogP contribution in [0.3, 0.4) is 0 Å². The molecule has 2 rings (SSSR count). The fourth-order valence-corrected chi connectivity index (χ4v) is 3.03. The van der Waals surface area contributed by atoms with Gasteiger partial charge in [0.05, 0.1) is 11.5 Å². The van der Waals surface area contributed by atoms with Crippen molar-refractivity contribution in [3.05, 3.63) is 35.9 Å². The van der Waals surface area contributed by atoms with Crippen LogP contribution in [0, 0.1) is 11.8 Å². The fraction of sp³-hybridized carbons (Fsp3) is 0.533. The Balaban J connectivity index is 2.29. The molecule has 0 bridgehead atoms. The third kappa shape index (κ3) is 2.27. The highest BCUT2D eigenvalue weighted by Crippen LogP contribution is 2.43. The van der Waals surface area contributed by atoms with Crippen LogP contribution >= 0.6 is 0 Å². The third-order valence-corrected chi connectivity index (χ3v) is 4.03. The maximum atomic E-state index is 12.5. The molecule has 0 radical (unpaired) electrons. The number of rotatable bonds is 3. The van der Waals surface area contributed by atoms with Crippen molar-refractivity contribution in [2.24, 2.45) is 11.8 Å². The van der Waals surface area contributed by atoms with Crippen LogP contribution in [0.4, 0.5) is 0 Å². The van der Waals surface area contributed by atoms with E-state index < -0.39 is 5.60 Å². The van der Waals surface area contributed by atoms with Gasteiger partial charge in [0.15, 0.2) is 5.78 Å². The normalized spacial score (nSPS) is 32.6. The Morgan fingerprint density at radius 1 is 1.41 bits per heavy atom. The Bertz CT molecular complexity index is 395. The molecule has 0 heterocycles. The molecule has 0 spiro atoms. The van der Waals surface area contributed by atoms with Crippen molar-refractivity contribution >= 4 is 5.78 Å². The lowest BCUT2D eigenvalue weighted by Crippen LogP contribution is -2.37. The van der Waals surface area contributed by atoms with Crippen molar-refractivity contribution in [3.63, 3.8) is 0 Å². The molecule has 3 atom stereocenters. The molecule has 2 nitrogen and oxygen atoms in total. The third-order valence-electron chi connectivity index (χ3n) is 4.03. The van der Waals surface area contributed by atoms with Gasteiger partial charge in [0.25, 0.3) is 0 Å². The minimum absolute atomic E-state index is 0.0972. The average molecular weight is 232 g/mol. The number of carbonyl (C=O) groups excluding carboxylic acids is 1. The van der Waals surface area contributed by atoms with Crippen LogP contribution in [0.25, 0.3) is 0 Å². The largest absolute Gasteiger partial charge is 0.389 e. The minimum atomic E-state index is -0.840. The summed E-state index contributed by atoms with van der Waals surface area (Å²) in [6, 6.07) is 9.32. The topological polar surface area (TPSA) is 37.3 Å². The first-order valence-corrected chi connectivity index (χ1v) is 6.38. The first-order valence-electron chi connectivity index (χ1n) is 6.38. The molecular weight excluding hydrogens is 212 g/mol. The highest BCUT2D eigenvalue weighted by atomic mass is 16.3. The van der Waals surface area contributed by atoms with Crippen molar-refractivity contribution in [2.75, 3.05) is 0 Å². The molecule has 92 valence electrons. The van der Waals surface area contributed by atoms with Gasteiger partial charge in [-0.1, -0.05) is 43.7 Å². The van der Waals surface area contributed by atoms with Gasteiger partial charge in [-0.05, 0) is 25.7 Å². The van der Waals surface area contributed by atoms with E-state index in [1.165, 1.54) is 0 Å². The van der Waals surface area contributed by atoms with Crippen LogP contribution in [0.2, 0.25) is 0 Å². The van der Waals surface area contributed by atoms with Gasteiger partial charge in [0.2, 0.25) is 0 Å². The molecule has 0 unspecified atom stereocenters. The standard InChI is InChI=1S/C15H20O2/c1-3-11-9-10-15(2,17)13(11)14(16)12-7-5-4-6-8-12/h4-8,11,13,17H,3,9-10H2,1-2H3/t11-,13-,15-/m0/s1. The molecule has 1 aliphatic carbocycles. The minimum Gasteiger partial charge on any atom is -0.389 e. The van der Waals surface area contributed by atoms with Crippen LogP contribution < -0.4 is 0 Å². The number of ketones is 1. The van der Waals surface area contributed by atoms with E-state index in [4.69, 9.17) is 0 Å². The molecule has 0 aliphatic heterocycles. The maximum Gasteiger partial charge on any atom is 0.169 e. The van der Waals surface area contributed by atoms with E-state index in [-0.39, 0.29) is 11.7 Å². The zero-order valence-electron chi connectivity index (χ0n) is 10.5. The summed E-state index contributed by atoms with van der Waals surface area (Å²) in [6.45, 7) is 3.89. The summed E-state index contributed by atoms with van der Waals surface area (Å²) in [5.41, 5.74) is -0.119. The van der Waals surface area contributed by atoms with Crippen LogP contribution in [0.15, 0.2) is 30.3 Å². The quantitative estimate of drug-likeness (QED) is 0.813. The van der Waals surface area contributed by atoms with E-state index in [0.29, 0.717) is 5.92 Å². The lowest BCUT2D eigenvalue weighted by molar-refractivity contribution is 0.0139. The van der Waals surface area contributed by atoms with Crippen LogP contribution in [0.1, 0.15) is 43.5 Å². The number of benzene rings is 1. The number of carbonyl (C=O) groups is 1. The van der Waals surface area contributed by atoms with Crippen LogP contribution in [-0.2, 0) is 0 Å². The number of Topliss-reactive ketones (excluding diaryl/α,β-unsaturated/α-hetero) is 1. The lowest BCUT2D eigenvalue weighted by atomic mass is 9.80. The number of hydrogen-bond donors (Lipinski definition) is 1. The first-order chi connectivity index (χ1) is 8.06. The summed E-state index contributed by atoms with van der Waals surface area (Å²) in [5, 5.41) is 10.4. The van der Waals surface area contributed by atoms with E-state index in [1.54, 1.807) is 6.92 Å². The van der Waals surface area contributed by atoms with Crippen LogP contribution in [0.5, 0.6) is 0 Å². The fourth-order valence-electron chi connectivity index (χ4n) is 3.03. The van der Waals surface area contributed by atoms with Crippen molar-refractivity contribution in [1.29, 1.82) is 0 Å². The Morgan fingerprint density at radius 2 is 2.06 bits per heavy atom. The van der Waals surface area contributed by atoms with E-state index in [1.807, 2.05) is 30.3 Å². The predicted octanol–water partition coefficient (Wildman–Crippen LogP) is 3.06. The van der Waals surface area contributed by atoms with Crippen molar-refractivity contribution in [3.8, 4) is 0 Å². The SMILES string of the molecule is CC[C@H]1CC[C@](C)(O)[C@@H]1C(=O)c1ccccc1. The van der Waals surface area contributed by atoms with Gasteiger partial charge < -0.3 is 5.11 Å². The van der Waals surface area contributed by atoms with E-state index >= 15 is 0 Å². The Labute approximate surface area is 103 Å². The maximum absolute atomic E-state index is 12.5. The average Bonchev–Trinajstić information content (AvgIpc) is 2.64. The summed E-state index contributed by atoms with van der Waals surface area (Å²) in [6.07, 6.45) is 2.64. The van der Waals surface area contributed by atoms with Gasteiger partial charge in [-0.2, -0.15) is 0 Å². The molecule has 1 aromatic rings. The Hall–Kier alpha value is -1.15. The zero-order valence-corrected chi connectivity index (χ0v) is 10.5. The molecule has 1 saturated carbocycles. The van der Waals surface area contributed by atoms with Gasteiger partial charge in [-0.15, -0.1) is 0 Å². The lowest BCUT2D eigenvalue weighted by Gasteiger charge is -2.27. The van der Waals surface area contributed by atoms with E-state index in [9.17, 15) is 9.90 Å². The van der Waals surface area contributed by atoms with Crippen LogP contribution in [-0.4, -0.2) is 16.5 Å². The van der Waals surface area contributed by atoms with Gasteiger partial charge >= 0.3 is 0 Å². The smallest absolute Gasteiger partial charge is 0.169 e. The molecule has 0 amide bonds. The first kappa shape index (κ1) is 12.3. The molecular formula is C15H20O2. The molecule has 2 heteroatoms. The van der Waals surface area contributed by atoms with Gasteiger partial charge in [0.1, 0.15) is 0 Å². The van der Waals surface area contributed by atoms with Gasteiger partial charge in [-0.25, -0.2) is 0 Å². The second kappa shape index (κ2) is 4.61. The molecule has 1 fully saturated rings. The number of aliphatic hydroxyl groups is 1. The molecule has 17 heavy (non-hydrogen) atoms. The van der Waals surface area contributed by atoms with Crippen molar-refractivity contribution in [1.82, 2.24) is 0 Å². The van der Waals surface area contributed by atoms with E-state index in [2.05, 4.69) is 6.92 Å². The molecule has 0 saturated heterocycles. The molecule has 1 N–H and O–H groups in total. The summed E-state index contributed by atoms with van der Waals surface area (Å²) < 4.78 is 0. The summed E-state index contributed by atoms with van der Waals surface area (Å²) >= 11 is 0. The highest BCUT2D eigenvalue weighted by molar-refractivity contribution is 5.98. The second-order valence-electron chi connectivity index (χ2n) is 5.27. The molecule has 0 aromatic heterocycles. The van der Waals surface area contributed by atoms with Gasteiger partial charge in [0, 0.05) is 5.56 Å². The Kier molecular flexibility index (Phi) is 3.34. The molecule has 1 aliphatic rings. The van der Waals surface area contributed by atoms with Crippen molar-refractivity contribution < 1.29 is 9.90 Å². The number of hydrogen-bond acceptors (Lipinski definition) is 2. The summed E-state index contributed by atoms with van der Waals surface area (Å²) in [5.74, 6) is 0.174. The van der Waals surface area contributed by atoms with E-state index in [0.717, 1.165) is 24.8 Å². The summed E-state index contributed by atoms with van der Waals surface area (Å²) in [4.78, 5) is 12.5. The summed E-state index contributed by atoms with van der Waals surface area (Å²) in [7, 11) is 0. The highest BCUT2D eigenvalue weighted by Gasteiger charge is 2.47. The molecule has 1 aromatic carbocycles. The van der Waals surface area contributed by atoms with Crippen molar-refractivity contribution in [2.45, 2.75) is 38.7 Å². The zero-order chi connectivity index (χ0) is 12.5. The van der Waals surface area contributed by atoms with Gasteiger partial charge in [-0.3, -0.25) is 4.79 Å². The second-order valence-corrected chi connectivity index (χ2v) is 5.27. The monoisotopic (exact) mass is 232 g/mol. The Morgan fingerprint density at radius 3 is 2.65 bits per heavy atom. The predicted molar refractivity (Wildman–Crippen MR) is 67.9 cm³/mol.